The monoisotopic (exact) mass is 282 g/mol. The first-order valence-electron chi connectivity index (χ1n) is 7.58. The second-order valence-corrected chi connectivity index (χ2v) is 5.65. The van der Waals surface area contributed by atoms with Crippen molar-refractivity contribution in [2.45, 2.75) is 25.5 Å². The predicted molar refractivity (Wildman–Crippen MR) is 86.2 cm³/mol. The number of nitrogens with zero attached hydrogens (tertiary/aromatic N) is 1. The molecule has 1 aliphatic rings. The van der Waals surface area contributed by atoms with E-state index in [-0.39, 0.29) is 0 Å². The van der Waals surface area contributed by atoms with E-state index in [1.165, 1.54) is 5.56 Å². The summed E-state index contributed by atoms with van der Waals surface area (Å²) in [6, 6.07) is 18.3. The van der Waals surface area contributed by atoms with Crippen molar-refractivity contribution in [2.75, 3.05) is 18.8 Å². The second-order valence-electron chi connectivity index (χ2n) is 5.65. The van der Waals surface area contributed by atoms with Crippen LogP contribution in [0.1, 0.15) is 18.4 Å². The Kier molecular flexibility index (Phi) is 4.41. The lowest BCUT2D eigenvalue weighted by atomic mass is 10.1. The summed E-state index contributed by atoms with van der Waals surface area (Å²) in [6.45, 7) is 3.22. The summed E-state index contributed by atoms with van der Waals surface area (Å²) in [5.74, 6) is 0.922. The Bertz CT molecular complexity index is 545. The van der Waals surface area contributed by atoms with Crippen LogP contribution in [0.5, 0.6) is 5.75 Å². The molecule has 0 spiro atoms. The number of nitrogen functional groups attached to an aromatic ring is 1. The third-order valence-electron chi connectivity index (χ3n) is 3.97. The summed E-state index contributed by atoms with van der Waals surface area (Å²) in [5, 5.41) is 0. The summed E-state index contributed by atoms with van der Waals surface area (Å²) in [5.41, 5.74) is 7.85. The smallest absolute Gasteiger partial charge is 0.119 e. The molecule has 3 rings (SSSR count). The van der Waals surface area contributed by atoms with Gasteiger partial charge in [0, 0.05) is 25.3 Å². The molecule has 21 heavy (non-hydrogen) atoms. The Labute approximate surface area is 126 Å². The van der Waals surface area contributed by atoms with Crippen molar-refractivity contribution >= 4 is 5.69 Å². The highest BCUT2D eigenvalue weighted by atomic mass is 16.5. The third kappa shape index (κ3) is 3.99. The molecule has 110 valence electrons. The zero-order valence-electron chi connectivity index (χ0n) is 12.2. The molecule has 3 nitrogen and oxygen atoms in total. The number of nitrogens with two attached hydrogens (primary N) is 1. The molecule has 1 aliphatic heterocycles. The van der Waals surface area contributed by atoms with Crippen molar-refractivity contribution in [3.8, 4) is 5.75 Å². The van der Waals surface area contributed by atoms with Crippen LogP contribution in [0.4, 0.5) is 5.69 Å². The number of hydrogen-bond acceptors (Lipinski definition) is 3. The Morgan fingerprint density at radius 2 is 1.62 bits per heavy atom. The summed E-state index contributed by atoms with van der Waals surface area (Å²) >= 11 is 0. The molecule has 0 aliphatic carbocycles. The number of anilines is 1. The van der Waals surface area contributed by atoms with Crippen LogP contribution in [0.25, 0.3) is 0 Å². The van der Waals surface area contributed by atoms with Crippen molar-refractivity contribution < 1.29 is 4.74 Å². The number of piperidine rings is 1. The van der Waals surface area contributed by atoms with Crippen LogP contribution >= 0.6 is 0 Å². The fourth-order valence-corrected chi connectivity index (χ4v) is 2.77. The van der Waals surface area contributed by atoms with Crippen molar-refractivity contribution in [3.63, 3.8) is 0 Å². The van der Waals surface area contributed by atoms with Crippen molar-refractivity contribution in [2.24, 2.45) is 0 Å². The lowest BCUT2D eigenvalue weighted by Crippen LogP contribution is -2.37. The van der Waals surface area contributed by atoms with Gasteiger partial charge in [0.1, 0.15) is 11.9 Å². The molecule has 0 saturated carbocycles. The van der Waals surface area contributed by atoms with Crippen LogP contribution in [0.3, 0.4) is 0 Å². The first-order chi connectivity index (χ1) is 10.3. The maximum atomic E-state index is 6.03. The molecule has 0 amide bonds. The van der Waals surface area contributed by atoms with Gasteiger partial charge in [-0.2, -0.15) is 0 Å². The molecule has 2 aromatic rings. The summed E-state index contributed by atoms with van der Waals surface area (Å²) < 4.78 is 6.03. The number of likely N-dealkylation sites (tertiary alicyclic amines) is 1. The van der Waals surface area contributed by atoms with Gasteiger partial charge in [0.05, 0.1) is 0 Å². The van der Waals surface area contributed by atoms with Gasteiger partial charge in [-0.15, -0.1) is 0 Å². The van der Waals surface area contributed by atoms with E-state index < -0.39 is 0 Å². The highest BCUT2D eigenvalue weighted by Crippen LogP contribution is 2.21. The standard InChI is InChI=1S/C18H22N2O/c19-16-6-8-17(9-7-16)21-18-10-12-20(13-11-18)14-15-4-2-1-3-5-15/h1-9,18H,10-14,19H2. The summed E-state index contributed by atoms with van der Waals surface area (Å²) in [4.78, 5) is 2.50. The molecule has 0 radical (unpaired) electrons. The fourth-order valence-electron chi connectivity index (χ4n) is 2.77. The minimum Gasteiger partial charge on any atom is -0.490 e. The van der Waals surface area contributed by atoms with Gasteiger partial charge < -0.3 is 10.5 Å². The lowest BCUT2D eigenvalue weighted by molar-refractivity contribution is 0.0968. The van der Waals surface area contributed by atoms with Crippen LogP contribution in [0.15, 0.2) is 54.6 Å². The lowest BCUT2D eigenvalue weighted by Gasteiger charge is -2.32. The Hall–Kier alpha value is -2.00. The van der Waals surface area contributed by atoms with Crippen molar-refractivity contribution in [1.82, 2.24) is 4.90 Å². The molecule has 1 saturated heterocycles. The van der Waals surface area contributed by atoms with Gasteiger partial charge in [-0.1, -0.05) is 30.3 Å². The summed E-state index contributed by atoms with van der Waals surface area (Å²) in [6.07, 6.45) is 2.48. The fraction of sp³-hybridized carbons (Fsp3) is 0.333. The molecule has 0 aromatic heterocycles. The van der Waals surface area contributed by atoms with Crippen LogP contribution in [-0.2, 0) is 6.54 Å². The topological polar surface area (TPSA) is 38.5 Å². The van der Waals surface area contributed by atoms with Crippen LogP contribution in [0, 0.1) is 0 Å². The maximum Gasteiger partial charge on any atom is 0.119 e. The molecular weight excluding hydrogens is 260 g/mol. The van der Waals surface area contributed by atoms with E-state index in [0.29, 0.717) is 6.10 Å². The van der Waals surface area contributed by atoms with E-state index in [2.05, 4.69) is 35.2 Å². The number of hydrogen-bond donors (Lipinski definition) is 1. The SMILES string of the molecule is Nc1ccc(OC2CCN(Cc3ccccc3)CC2)cc1. The Morgan fingerprint density at radius 3 is 2.29 bits per heavy atom. The van der Waals surface area contributed by atoms with E-state index in [0.717, 1.165) is 43.9 Å². The van der Waals surface area contributed by atoms with E-state index in [9.17, 15) is 0 Å². The predicted octanol–water partition coefficient (Wildman–Crippen LogP) is 3.31. The highest BCUT2D eigenvalue weighted by Gasteiger charge is 2.20. The molecule has 3 heteroatoms. The molecule has 2 aromatic carbocycles. The van der Waals surface area contributed by atoms with Crippen LogP contribution in [0.2, 0.25) is 0 Å². The van der Waals surface area contributed by atoms with E-state index in [4.69, 9.17) is 10.5 Å². The Balaban J connectivity index is 1.47. The number of ether oxygens (including phenoxy) is 1. The van der Waals surface area contributed by atoms with Gasteiger partial charge >= 0.3 is 0 Å². The Morgan fingerprint density at radius 1 is 0.952 bits per heavy atom. The average molecular weight is 282 g/mol. The quantitative estimate of drug-likeness (QED) is 0.874. The minimum atomic E-state index is 0.320. The average Bonchev–Trinajstić information content (AvgIpc) is 2.53. The van der Waals surface area contributed by atoms with Gasteiger partial charge in [-0.05, 0) is 42.7 Å². The summed E-state index contributed by atoms with van der Waals surface area (Å²) in [7, 11) is 0. The van der Waals surface area contributed by atoms with Crippen LogP contribution < -0.4 is 10.5 Å². The van der Waals surface area contributed by atoms with Crippen LogP contribution in [-0.4, -0.2) is 24.1 Å². The van der Waals surface area contributed by atoms with Crippen molar-refractivity contribution in [3.05, 3.63) is 60.2 Å². The van der Waals surface area contributed by atoms with E-state index in [1.807, 2.05) is 24.3 Å². The van der Waals surface area contributed by atoms with E-state index in [1.54, 1.807) is 0 Å². The first-order valence-corrected chi connectivity index (χ1v) is 7.58. The molecular formula is C18H22N2O. The maximum absolute atomic E-state index is 6.03. The molecule has 0 atom stereocenters. The molecule has 1 heterocycles. The molecule has 2 N–H and O–H groups in total. The van der Waals surface area contributed by atoms with E-state index >= 15 is 0 Å². The normalized spacial score (nSPS) is 16.8. The van der Waals surface area contributed by atoms with Gasteiger partial charge in [0.25, 0.3) is 0 Å². The zero-order valence-corrected chi connectivity index (χ0v) is 12.2. The van der Waals surface area contributed by atoms with Gasteiger partial charge in [-0.25, -0.2) is 0 Å². The van der Waals surface area contributed by atoms with Gasteiger partial charge in [0.2, 0.25) is 0 Å². The largest absolute Gasteiger partial charge is 0.490 e. The number of rotatable bonds is 4. The van der Waals surface area contributed by atoms with Gasteiger partial charge in [0.15, 0.2) is 0 Å². The molecule has 0 unspecified atom stereocenters. The highest BCUT2D eigenvalue weighted by molar-refractivity contribution is 5.41. The molecule has 1 fully saturated rings. The molecule has 0 bridgehead atoms. The van der Waals surface area contributed by atoms with Gasteiger partial charge in [-0.3, -0.25) is 4.90 Å². The van der Waals surface area contributed by atoms with Crippen molar-refractivity contribution in [1.29, 1.82) is 0 Å². The second kappa shape index (κ2) is 6.64. The zero-order chi connectivity index (χ0) is 14.5. The minimum absolute atomic E-state index is 0.320. The third-order valence-corrected chi connectivity index (χ3v) is 3.97. The first kappa shape index (κ1) is 14.0. The number of benzene rings is 2.